The lowest BCUT2D eigenvalue weighted by Crippen LogP contribution is -2.38. The second-order valence-corrected chi connectivity index (χ2v) is 4.20. The monoisotopic (exact) mass is 236 g/mol. The molecular formula is C13H17FN2O. The van der Waals surface area contributed by atoms with Crippen LogP contribution in [0, 0.1) is 5.82 Å². The molecule has 2 rings (SSSR count). The van der Waals surface area contributed by atoms with Gasteiger partial charge in [0.2, 0.25) is 0 Å². The summed E-state index contributed by atoms with van der Waals surface area (Å²) in [6, 6.07) is 3.42. The number of benzene rings is 1. The maximum absolute atomic E-state index is 14.2. The summed E-state index contributed by atoms with van der Waals surface area (Å²) in [5.74, 6) is -0.747. The summed E-state index contributed by atoms with van der Waals surface area (Å²) in [6.07, 6.45) is 1.75. The van der Waals surface area contributed by atoms with Gasteiger partial charge in [0.15, 0.2) is 0 Å². The molecule has 0 spiro atoms. The largest absolute Gasteiger partial charge is 0.371 e. The maximum atomic E-state index is 14.2. The van der Waals surface area contributed by atoms with Crippen LogP contribution in [0.15, 0.2) is 12.1 Å². The summed E-state index contributed by atoms with van der Waals surface area (Å²) in [6.45, 7) is 3.87. The first-order valence-corrected chi connectivity index (χ1v) is 5.97. The van der Waals surface area contributed by atoms with Crippen LogP contribution in [0.5, 0.6) is 0 Å². The van der Waals surface area contributed by atoms with Crippen LogP contribution >= 0.6 is 0 Å². The number of hydrogen-bond donors (Lipinski definition) is 1. The zero-order chi connectivity index (χ0) is 12.4. The van der Waals surface area contributed by atoms with Crippen LogP contribution in [0.25, 0.3) is 0 Å². The van der Waals surface area contributed by atoms with Crippen LogP contribution in [0.4, 0.5) is 10.1 Å². The molecule has 1 aromatic carbocycles. The summed E-state index contributed by atoms with van der Waals surface area (Å²) in [4.78, 5) is 13.7. The molecule has 1 aliphatic heterocycles. The average molecular weight is 236 g/mol. The van der Waals surface area contributed by atoms with E-state index in [4.69, 9.17) is 0 Å². The van der Waals surface area contributed by atoms with Crippen molar-refractivity contribution in [1.82, 2.24) is 5.32 Å². The molecule has 0 bridgehead atoms. The standard InChI is InChI=1S/C13H17FN2O/c1-3-9-11(16-7-4-8-16)6-5-10(12(9)14)13(17)15-2/h5-6H,3-4,7-8H2,1-2H3,(H,15,17). The Morgan fingerprint density at radius 1 is 1.47 bits per heavy atom. The SMILES string of the molecule is CCc1c(N2CCC2)ccc(C(=O)NC)c1F. The number of amides is 1. The summed E-state index contributed by atoms with van der Waals surface area (Å²) in [5, 5.41) is 2.46. The molecule has 1 heterocycles. The second kappa shape index (κ2) is 4.73. The van der Waals surface area contributed by atoms with Crippen LogP contribution in [0.2, 0.25) is 0 Å². The molecule has 1 aliphatic rings. The van der Waals surface area contributed by atoms with Crippen LogP contribution < -0.4 is 10.2 Å². The lowest BCUT2D eigenvalue weighted by Gasteiger charge is -2.35. The van der Waals surface area contributed by atoms with Gasteiger partial charge in [-0.1, -0.05) is 6.92 Å². The molecule has 1 saturated heterocycles. The van der Waals surface area contributed by atoms with Crippen molar-refractivity contribution in [3.05, 3.63) is 29.1 Å². The van der Waals surface area contributed by atoms with E-state index in [1.165, 1.54) is 7.05 Å². The molecule has 4 heteroatoms. The molecule has 0 aromatic heterocycles. The highest BCUT2D eigenvalue weighted by molar-refractivity contribution is 5.95. The number of nitrogens with zero attached hydrogens (tertiary/aromatic N) is 1. The summed E-state index contributed by atoms with van der Waals surface area (Å²) in [7, 11) is 1.51. The third-order valence-electron chi connectivity index (χ3n) is 3.24. The van der Waals surface area contributed by atoms with Crippen LogP contribution in [-0.2, 0) is 6.42 Å². The minimum atomic E-state index is -0.378. The number of carbonyl (C=O) groups is 1. The van der Waals surface area contributed by atoms with E-state index in [1.807, 2.05) is 13.0 Å². The van der Waals surface area contributed by atoms with E-state index in [9.17, 15) is 9.18 Å². The number of anilines is 1. The van der Waals surface area contributed by atoms with Crippen LogP contribution in [0.3, 0.4) is 0 Å². The van der Waals surface area contributed by atoms with E-state index in [0.717, 1.165) is 25.2 Å². The Labute approximate surface area is 101 Å². The fourth-order valence-corrected chi connectivity index (χ4v) is 2.11. The maximum Gasteiger partial charge on any atom is 0.254 e. The summed E-state index contributed by atoms with van der Waals surface area (Å²) in [5.41, 5.74) is 1.71. The number of halogens is 1. The van der Waals surface area contributed by atoms with Gasteiger partial charge in [0, 0.05) is 31.4 Å². The topological polar surface area (TPSA) is 32.3 Å². The molecule has 0 atom stereocenters. The van der Waals surface area contributed by atoms with Crippen molar-refractivity contribution in [3.8, 4) is 0 Å². The molecular weight excluding hydrogens is 219 g/mol. The Bertz CT molecular complexity index is 441. The first kappa shape index (κ1) is 11.9. The molecule has 0 aliphatic carbocycles. The van der Waals surface area contributed by atoms with Crippen LogP contribution in [-0.4, -0.2) is 26.0 Å². The Kier molecular flexibility index (Phi) is 3.31. The normalized spacial score (nSPS) is 14.4. The zero-order valence-electron chi connectivity index (χ0n) is 10.2. The van der Waals surface area contributed by atoms with Gasteiger partial charge < -0.3 is 10.2 Å². The fourth-order valence-electron chi connectivity index (χ4n) is 2.11. The number of rotatable bonds is 3. The van der Waals surface area contributed by atoms with Gasteiger partial charge in [-0.2, -0.15) is 0 Å². The lowest BCUT2D eigenvalue weighted by atomic mass is 10.0. The van der Waals surface area contributed by atoms with Gasteiger partial charge in [-0.3, -0.25) is 4.79 Å². The zero-order valence-corrected chi connectivity index (χ0v) is 10.2. The van der Waals surface area contributed by atoms with E-state index in [1.54, 1.807) is 6.07 Å². The Hall–Kier alpha value is -1.58. The van der Waals surface area contributed by atoms with Crippen molar-refractivity contribution in [1.29, 1.82) is 0 Å². The van der Waals surface area contributed by atoms with Crippen molar-refractivity contribution in [2.45, 2.75) is 19.8 Å². The van der Waals surface area contributed by atoms with Gasteiger partial charge in [-0.15, -0.1) is 0 Å². The molecule has 1 aromatic rings. The first-order valence-electron chi connectivity index (χ1n) is 5.97. The van der Waals surface area contributed by atoms with E-state index in [-0.39, 0.29) is 17.3 Å². The van der Waals surface area contributed by atoms with Gasteiger partial charge in [0.05, 0.1) is 5.56 Å². The van der Waals surface area contributed by atoms with Gasteiger partial charge in [-0.25, -0.2) is 4.39 Å². The summed E-state index contributed by atoms with van der Waals surface area (Å²) < 4.78 is 14.2. The van der Waals surface area contributed by atoms with Gasteiger partial charge in [0.1, 0.15) is 5.82 Å². The van der Waals surface area contributed by atoms with E-state index in [2.05, 4.69) is 10.2 Å². The van der Waals surface area contributed by atoms with E-state index < -0.39 is 0 Å². The third-order valence-corrected chi connectivity index (χ3v) is 3.24. The van der Waals surface area contributed by atoms with Crippen molar-refractivity contribution >= 4 is 11.6 Å². The smallest absolute Gasteiger partial charge is 0.254 e. The predicted octanol–water partition coefficient (Wildman–Crippen LogP) is 1.96. The highest BCUT2D eigenvalue weighted by Gasteiger charge is 2.22. The quantitative estimate of drug-likeness (QED) is 0.870. The molecule has 17 heavy (non-hydrogen) atoms. The minimum absolute atomic E-state index is 0.133. The molecule has 3 nitrogen and oxygen atoms in total. The fraction of sp³-hybridized carbons (Fsp3) is 0.462. The Morgan fingerprint density at radius 2 is 2.18 bits per heavy atom. The molecule has 0 unspecified atom stereocenters. The van der Waals surface area contributed by atoms with E-state index >= 15 is 0 Å². The third kappa shape index (κ3) is 1.99. The lowest BCUT2D eigenvalue weighted by molar-refractivity contribution is 0.0959. The Balaban J connectivity index is 2.44. The Morgan fingerprint density at radius 3 is 2.65 bits per heavy atom. The molecule has 1 amide bonds. The number of hydrogen-bond acceptors (Lipinski definition) is 2. The van der Waals surface area contributed by atoms with Crippen molar-refractivity contribution in [2.24, 2.45) is 0 Å². The van der Waals surface area contributed by atoms with Crippen LogP contribution in [0.1, 0.15) is 29.3 Å². The highest BCUT2D eigenvalue weighted by atomic mass is 19.1. The molecule has 1 N–H and O–H groups in total. The second-order valence-electron chi connectivity index (χ2n) is 4.20. The van der Waals surface area contributed by atoms with Crippen molar-refractivity contribution in [2.75, 3.05) is 25.0 Å². The van der Waals surface area contributed by atoms with Crippen molar-refractivity contribution in [3.63, 3.8) is 0 Å². The predicted molar refractivity (Wildman–Crippen MR) is 66.0 cm³/mol. The van der Waals surface area contributed by atoms with E-state index in [0.29, 0.717) is 12.0 Å². The average Bonchev–Trinajstić information content (AvgIpc) is 2.26. The highest BCUT2D eigenvalue weighted by Crippen LogP contribution is 2.29. The van der Waals surface area contributed by atoms with Gasteiger partial charge >= 0.3 is 0 Å². The molecule has 92 valence electrons. The molecule has 1 fully saturated rings. The van der Waals surface area contributed by atoms with Crippen molar-refractivity contribution < 1.29 is 9.18 Å². The van der Waals surface area contributed by atoms with Gasteiger partial charge in [-0.05, 0) is 25.0 Å². The molecule has 0 saturated carbocycles. The molecule has 0 radical (unpaired) electrons. The first-order chi connectivity index (χ1) is 8.19. The number of carbonyl (C=O) groups excluding carboxylic acids is 1. The number of nitrogens with one attached hydrogen (secondary N) is 1. The minimum Gasteiger partial charge on any atom is -0.371 e. The van der Waals surface area contributed by atoms with Gasteiger partial charge in [0.25, 0.3) is 5.91 Å². The summed E-state index contributed by atoms with van der Waals surface area (Å²) >= 11 is 0.